The van der Waals surface area contributed by atoms with Crippen LogP contribution in [0.1, 0.15) is 57.6 Å². The van der Waals surface area contributed by atoms with Crippen LogP contribution in [-0.4, -0.2) is 27.5 Å². The highest BCUT2D eigenvalue weighted by Gasteiger charge is 2.31. The summed E-state index contributed by atoms with van der Waals surface area (Å²) in [6.07, 6.45) is 1.67. The van der Waals surface area contributed by atoms with Crippen LogP contribution in [0, 0.1) is 5.92 Å². The summed E-state index contributed by atoms with van der Waals surface area (Å²) in [7, 11) is 0. The van der Waals surface area contributed by atoms with Crippen molar-refractivity contribution in [3.63, 3.8) is 0 Å². The molecule has 0 radical (unpaired) electrons. The van der Waals surface area contributed by atoms with Gasteiger partial charge in [0.2, 0.25) is 0 Å². The lowest BCUT2D eigenvalue weighted by molar-refractivity contribution is -0.0648. The molecule has 0 fully saturated rings. The van der Waals surface area contributed by atoms with Crippen LogP contribution in [0.25, 0.3) is 0 Å². The SMILES string of the molecule is CCCC[C@@H]([C@H](O)[C@@H](O)CCC)[C@H](O)c1ccccc1. The van der Waals surface area contributed by atoms with Gasteiger partial charge in [-0.3, -0.25) is 0 Å². The number of hydrogen-bond acceptors (Lipinski definition) is 3. The van der Waals surface area contributed by atoms with Gasteiger partial charge in [0.25, 0.3) is 0 Å². The van der Waals surface area contributed by atoms with Crippen molar-refractivity contribution in [1.29, 1.82) is 0 Å². The molecule has 1 aromatic carbocycles. The predicted molar refractivity (Wildman–Crippen MR) is 81.3 cm³/mol. The molecule has 0 bridgehead atoms. The normalized spacial score (nSPS) is 17.4. The minimum atomic E-state index is -0.878. The fourth-order valence-electron chi connectivity index (χ4n) is 2.60. The van der Waals surface area contributed by atoms with Crippen molar-refractivity contribution in [1.82, 2.24) is 0 Å². The molecule has 4 atom stereocenters. The first-order chi connectivity index (χ1) is 9.61. The van der Waals surface area contributed by atoms with Gasteiger partial charge in [-0.25, -0.2) is 0 Å². The van der Waals surface area contributed by atoms with Crippen LogP contribution in [0.15, 0.2) is 30.3 Å². The Labute approximate surface area is 122 Å². The van der Waals surface area contributed by atoms with Gasteiger partial charge in [0, 0.05) is 5.92 Å². The molecule has 0 saturated heterocycles. The minimum Gasteiger partial charge on any atom is -0.390 e. The maximum absolute atomic E-state index is 10.5. The van der Waals surface area contributed by atoms with E-state index in [1.54, 1.807) is 0 Å². The van der Waals surface area contributed by atoms with E-state index in [0.717, 1.165) is 24.8 Å². The fourth-order valence-corrected chi connectivity index (χ4v) is 2.60. The average molecular weight is 280 g/mol. The first kappa shape index (κ1) is 17.2. The smallest absolute Gasteiger partial charge is 0.0855 e. The number of aliphatic hydroxyl groups is 3. The summed E-state index contributed by atoms with van der Waals surface area (Å²) >= 11 is 0. The molecular formula is C17H28O3. The Morgan fingerprint density at radius 2 is 1.55 bits per heavy atom. The highest BCUT2D eigenvalue weighted by Crippen LogP contribution is 2.31. The van der Waals surface area contributed by atoms with Crippen molar-refractivity contribution in [2.45, 2.75) is 64.3 Å². The molecule has 0 aliphatic carbocycles. The van der Waals surface area contributed by atoms with E-state index in [1.807, 2.05) is 37.3 Å². The molecule has 114 valence electrons. The van der Waals surface area contributed by atoms with Crippen molar-refractivity contribution in [3.05, 3.63) is 35.9 Å². The van der Waals surface area contributed by atoms with Gasteiger partial charge in [-0.1, -0.05) is 63.4 Å². The highest BCUT2D eigenvalue weighted by molar-refractivity contribution is 5.18. The van der Waals surface area contributed by atoms with Crippen LogP contribution in [-0.2, 0) is 0 Å². The predicted octanol–water partition coefficient (Wildman–Crippen LogP) is 3.05. The van der Waals surface area contributed by atoms with Gasteiger partial charge in [-0.15, -0.1) is 0 Å². The Balaban J connectivity index is 2.82. The molecule has 0 heterocycles. The summed E-state index contributed by atoms with van der Waals surface area (Å²) in [5.74, 6) is -0.320. The second-order valence-corrected chi connectivity index (χ2v) is 5.51. The van der Waals surface area contributed by atoms with Crippen LogP contribution >= 0.6 is 0 Å². The quantitative estimate of drug-likeness (QED) is 0.651. The zero-order valence-corrected chi connectivity index (χ0v) is 12.6. The van der Waals surface area contributed by atoms with Gasteiger partial charge in [0.15, 0.2) is 0 Å². The molecule has 1 aromatic rings. The molecule has 20 heavy (non-hydrogen) atoms. The van der Waals surface area contributed by atoms with E-state index in [-0.39, 0.29) is 5.92 Å². The number of unbranched alkanes of at least 4 members (excludes halogenated alkanes) is 1. The summed E-state index contributed by atoms with van der Waals surface area (Å²) in [5, 5.41) is 30.9. The van der Waals surface area contributed by atoms with Gasteiger partial charge in [0.05, 0.1) is 18.3 Å². The Hall–Kier alpha value is -0.900. The van der Waals surface area contributed by atoms with E-state index < -0.39 is 18.3 Å². The summed E-state index contributed by atoms with van der Waals surface area (Å²) in [5.41, 5.74) is 0.802. The molecule has 1 rings (SSSR count). The largest absolute Gasteiger partial charge is 0.390 e. The molecule has 3 nitrogen and oxygen atoms in total. The highest BCUT2D eigenvalue weighted by atomic mass is 16.3. The van der Waals surface area contributed by atoms with Gasteiger partial charge in [-0.2, -0.15) is 0 Å². The molecule has 0 spiro atoms. The van der Waals surface area contributed by atoms with Gasteiger partial charge < -0.3 is 15.3 Å². The number of aliphatic hydroxyl groups excluding tert-OH is 3. The van der Waals surface area contributed by atoms with Crippen LogP contribution in [0.5, 0.6) is 0 Å². The maximum atomic E-state index is 10.5. The molecule has 0 unspecified atom stereocenters. The van der Waals surface area contributed by atoms with Gasteiger partial charge >= 0.3 is 0 Å². The van der Waals surface area contributed by atoms with E-state index in [9.17, 15) is 15.3 Å². The third-order valence-corrected chi connectivity index (χ3v) is 3.85. The molecule has 0 aliphatic rings. The van der Waals surface area contributed by atoms with Crippen molar-refractivity contribution < 1.29 is 15.3 Å². The minimum absolute atomic E-state index is 0.320. The summed E-state index contributed by atoms with van der Waals surface area (Å²) in [4.78, 5) is 0. The molecule has 0 amide bonds. The third-order valence-electron chi connectivity index (χ3n) is 3.85. The van der Waals surface area contributed by atoms with Crippen LogP contribution in [0.2, 0.25) is 0 Å². The van der Waals surface area contributed by atoms with Crippen LogP contribution in [0.3, 0.4) is 0 Å². The van der Waals surface area contributed by atoms with E-state index in [1.165, 1.54) is 0 Å². The van der Waals surface area contributed by atoms with E-state index in [2.05, 4.69) is 6.92 Å². The fraction of sp³-hybridized carbons (Fsp3) is 0.647. The Morgan fingerprint density at radius 1 is 0.900 bits per heavy atom. The summed E-state index contributed by atoms with van der Waals surface area (Å²) in [6, 6.07) is 9.39. The zero-order valence-electron chi connectivity index (χ0n) is 12.6. The maximum Gasteiger partial charge on any atom is 0.0855 e. The molecule has 0 aromatic heterocycles. The first-order valence-corrected chi connectivity index (χ1v) is 7.70. The molecular weight excluding hydrogens is 252 g/mol. The van der Waals surface area contributed by atoms with Crippen molar-refractivity contribution in [2.24, 2.45) is 5.92 Å². The van der Waals surface area contributed by atoms with Gasteiger partial charge in [0.1, 0.15) is 0 Å². The molecule has 0 aliphatic heterocycles. The first-order valence-electron chi connectivity index (χ1n) is 7.70. The summed E-state index contributed by atoms with van der Waals surface area (Å²) < 4.78 is 0. The van der Waals surface area contributed by atoms with Crippen LogP contribution < -0.4 is 0 Å². The number of rotatable bonds is 9. The standard InChI is InChI=1S/C17H28O3/c1-3-5-12-14(17(20)15(18)9-4-2)16(19)13-10-7-6-8-11-13/h6-8,10-11,14-20H,3-5,9,12H2,1-2H3/t14-,15+,16-,17+/m1/s1. The van der Waals surface area contributed by atoms with Gasteiger partial charge in [-0.05, 0) is 18.4 Å². The van der Waals surface area contributed by atoms with Crippen molar-refractivity contribution >= 4 is 0 Å². The second kappa shape index (κ2) is 9.11. The topological polar surface area (TPSA) is 60.7 Å². The van der Waals surface area contributed by atoms with Crippen molar-refractivity contribution in [3.8, 4) is 0 Å². The average Bonchev–Trinajstić information content (AvgIpc) is 2.48. The number of hydrogen-bond donors (Lipinski definition) is 3. The van der Waals surface area contributed by atoms with E-state index in [4.69, 9.17) is 0 Å². The lowest BCUT2D eigenvalue weighted by Gasteiger charge is -2.31. The van der Waals surface area contributed by atoms with E-state index in [0.29, 0.717) is 12.8 Å². The van der Waals surface area contributed by atoms with E-state index >= 15 is 0 Å². The van der Waals surface area contributed by atoms with Crippen molar-refractivity contribution in [2.75, 3.05) is 0 Å². The molecule has 3 heteroatoms. The molecule has 0 saturated carbocycles. The molecule has 3 N–H and O–H groups in total. The third kappa shape index (κ3) is 4.89. The Bertz CT molecular complexity index is 353. The zero-order chi connectivity index (χ0) is 15.0. The Morgan fingerprint density at radius 3 is 2.10 bits per heavy atom. The van der Waals surface area contributed by atoms with Crippen LogP contribution in [0.4, 0.5) is 0 Å². The Kier molecular flexibility index (Phi) is 7.82. The monoisotopic (exact) mass is 280 g/mol. The lowest BCUT2D eigenvalue weighted by atomic mass is 9.83. The second-order valence-electron chi connectivity index (χ2n) is 5.51. The summed E-state index contributed by atoms with van der Waals surface area (Å²) in [6.45, 7) is 4.06. The lowest BCUT2D eigenvalue weighted by Crippen LogP contribution is -2.36. The number of benzene rings is 1.